The van der Waals surface area contributed by atoms with Gasteiger partial charge in [0.25, 0.3) is 0 Å². The number of para-hydroxylation sites is 1. The molecule has 0 aliphatic heterocycles. The molecule has 0 saturated heterocycles. The van der Waals surface area contributed by atoms with E-state index in [1.54, 1.807) is 40.6 Å². The summed E-state index contributed by atoms with van der Waals surface area (Å²) in [5, 5.41) is 9.33. The molecular weight excluding hydrogens is 586 g/mol. The molecule has 1 aliphatic rings. The predicted octanol–water partition coefficient (Wildman–Crippen LogP) is 5.06. The number of aryl methyl sites for hydroxylation is 1. The van der Waals surface area contributed by atoms with Crippen LogP contribution in [-0.2, 0) is 22.4 Å². The smallest absolute Gasteiger partial charge is 0.242 e. The van der Waals surface area contributed by atoms with E-state index in [0.717, 1.165) is 34.4 Å². The second kappa shape index (κ2) is 15.5. The Morgan fingerprint density at radius 3 is 2.30 bits per heavy atom. The first-order chi connectivity index (χ1) is 22.2. The number of anilines is 1. The number of carbonyl (C=O) groups is 2. The van der Waals surface area contributed by atoms with Crippen molar-refractivity contribution in [1.82, 2.24) is 10.6 Å². The van der Waals surface area contributed by atoms with Crippen LogP contribution in [0.2, 0.25) is 0 Å². The van der Waals surface area contributed by atoms with Gasteiger partial charge in [-0.1, -0.05) is 44.5 Å². The molecule has 0 heterocycles. The van der Waals surface area contributed by atoms with E-state index in [9.17, 15) is 14.4 Å². The standard InChI is InChI=1S/C36H45N3O7/c1-8-21(2)33(36(42)37-18-17-23-11-9-10-12-30(23)43-4)39-28-16-14-25-26(20-29(28)41)27(38-22(3)40)15-13-24-19-31(44-5)34(45-6)35(46-7)32(24)25/h9-12,14,16,19-21,27,33H,8,13,15,17-18H2,1-7H3,(H,37,42)(H,38,40)(H,39,41). The third-order valence-corrected chi connectivity index (χ3v) is 8.61. The average Bonchev–Trinajstić information content (AvgIpc) is 3.30. The van der Waals surface area contributed by atoms with Crippen molar-refractivity contribution in [3.63, 3.8) is 0 Å². The Morgan fingerprint density at radius 1 is 0.935 bits per heavy atom. The number of carbonyl (C=O) groups excluding carboxylic acids is 2. The van der Waals surface area contributed by atoms with Crippen molar-refractivity contribution in [1.29, 1.82) is 0 Å². The molecule has 246 valence electrons. The van der Waals surface area contributed by atoms with Crippen molar-refractivity contribution in [3.8, 4) is 34.1 Å². The summed E-state index contributed by atoms with van der Waals surface area (Å²) in [5.41, 5.74) is 4.04. The van der Waals surface area contributed by atoms with E-state index in [1.165, 1.54) is 6.92 Å². The highest BCUT2D eigenvalue weighted by Gasteiger charge is 2.30. The molecule has 3 aromatic carbocycles. The Hall–Kier alpha value is -4.73. The van der Waals surface area contributed by atoms with Crippen molar-refractivity contribution in [2.45, 2.75) is 58.5 Å². The van der Waals surface area contributed by atoms with Gasteiger partial charge in [-0.05, 0) is 71.7 Å². The maximum atomic E-state index is 13.9. The van der Waals surface area contributed by atoms with Gasteiger partial charge in [0.05, 0.1) is 40.2 Å². The fraction of sp³-hybridized carbons (Fsp3) is 0.417. The van der Waals surface area contributed by atoms with E-state index in [1.807, 2.05) is 50.2 Å². The van der Waals surface area contributed by atoms with Gasteiger partial charge in [-0.3, -0.25) is 14.4 Å². The van der Waals surface area contributed by atoms with Gasteiger partial charge in [-0.2, -0.15) is 0 Å². The van der Waals surface area contributed by atoms with Gasteiger partial charge in [-0.15, -0.1) is 0 Å². The van der Waals surface area contributed by atoms with Crippen LogP contribution in [0.3, 0.4) is 0 Å². The highest BCUT2D eigenvalue weighted by molar-refractivity contribution is 5.86. The molecule has 10 nitrogen and oxygen atoms in total. The Bertz CT molecular complexity index is 1620. The molecule has 0 radical (unpaired) electrons. The molecule has 3 unspecified atom stereocenters. The highest BCUT2D eigenvalue weighted by atomic mass is 16.5. The van der Waals surface area contributed by atoms with E-state index >= 15 is 0 Å². The molecule has 0 bridgehead atoms. The molecule has 0 saturated carbocycles. The average molecular weight is 632 g/mol. The first kappa shape index (κ1) is 34.1. The van der Waals surface area contributed by atoms with Gasteiger partial charge in [-0.25, -0.2) is 0 Å². The lowest BCUT2D eigenvalue weighted by Gasteiger charge is -2.24. The summed E-state index contributed by atoms with van der Waals surface area (Å²) < 4.78 is 22.6. The van der Waals surface area contributed by atoms with Crippen LogP contribution in [0.1, 0.15) is 56.3 Å². The Kier molecular flexibility index (Phi) is 11.5. The monoisotopic (exact) mass is 631 g/mol. The van der Waals surface area contributed by atoms with Crippen LogP contribution in [0, 0.1) is 5.92 Å². The molecule has 3 N–H and O–H groups in total. The first-order valence-corrected chi connectivity index (χ1v) is 15.6. The van der Waals surface area contributed by atoms with Gasteiger partial charge < -0.3 is 34.9 Å². The molecule has 0 spiro atoms. The lowest BCUT2D eigenvalue weighted by Crippen LogP contribution is -2.45. The van der Waals surface area contributed by atoms with Crippen LogP contribution in [0.5, 0.6) is 23.0 Å². The summed E-state index contributed by atoms with van der Waals surface area (Å²) in [4.78, 5) is 39.7. The number of ether oxygens (including phenoxy) is 4. The van der Waals surface area contributed by atoms with E-state index in [4.69, 9.17) is 18.9 Å². The summed E-state index contributed by atoms with van der Waals surface area (Å²) in [6.45, 7) is 5.86. The quantitative estimate of drug-likeness (QED) is 0.239. The van der Waals surface area contributed by atoms with Crippen molar-refractivity contribution in [2.24, 2.45) is 5.92 Å². The largest absolute Gasteiger partial charge is 0.496 e. The summed E-state index contributed by atoms with van der Waals surface area (Å²) in [7, 11) is 6.30. The van der Waals surface area contributed by atoms with Crippen LogP contribution in [0.4, 0.5) is 5.69 Å². The van der Waals surface area contributed by atoms with Gasteiger partial charge in [0, 0.05) is 19.0 Å². The number of methoxy groups -OCH3 is 4. The second-order valence-corrected chi connectivity index (χ2v) is 11.5. The fourth-order valence-electron chi connectivity index (χ4n) is 6.04. The molecule has 3 aromatic rings. The third-order valence-electron chi connectivity index (χ3n) is 8.61. The topological polar surface area (TPSA) is 124 Å². The highest BCUT2D eigenvalue weighted by Crippen LogP contribution is 2.50. The fourth-order valence-corrected chi connectivity index (χ4v) is 6.04. The lowest BCUT2D eigenvalue weighted by molar-refractivity contribution is -0.123. The Morgan fingerprint density at radius 2 is 1.65 bits per heavy atom. The summed E-state index contributed by atoms with van der Waals surface area (Å²) in [6.07, 6.45) is 2.47. The van der Waals surface area contributed by atoms with Crippen molar-refractivity contribution in [2.75, 3.05) is 40.3 Å². The molecular formula is C36H45N3O7. The number of hydrogen-bond acceptors (Lipinski definition) is 8. The number of benzene rings is 2. The van der Waals surface area contributed by atoms with E-state index in [0.29, 0.717) is 48.6 Å². The lowest BCUT2D eigenvalue weighted by atomic mass is 9.95. The SMILES string of the molecule is CCC(C)C(Nc1ccc2c(cc1=O)C(NC(C)=O)CCc1cc(OC)c(OC)c(OC)c1-2)C(=O)NCCc1ccccc1OC. The summed E-state index contributed by atoms with van der Waals surface area (Å²) in [5.74, 6) is 1.73. The zero-order valence-electron chi connectivity index (χ0n) is 27.7. The number of amides is 2. The Balaban J connectivity index is 1.75. The minimum atomic E-state index is -0.658. The van der Waals surface area contributed by atoms with Crippen molar-refractivity contribution >= 4 is 17.5 Å². The molecule has 1 aliphatic carbocycles. The molecule has 3 atom stereocenters. The molecule has 0 aromatic heterocycles. The van der Waals surface area contributed by atoms with Crippen LogP contribution >= 0.6 is 0 Å². The Labute approximate surface area is 270 Å². The first-order valence-electron chi connectivity index (χ1n) is 15.6. The maximum absolute atomic E-state index is 13.9. The predicted molar refractivity (Wildman–Crippen MR) is 179 cm³/mol. The van der Waals surface area contributed by atoms with Crippen molar-refractivity contribution < 1.29 is 28.5 Å². The van der Waals surface area contributed by atoms with Crippen molar-refractivity contribution in [3.05, 3.63) is 75.4 Å². The van der Waals surface area contributed by atoms with Crippen LogP contribution in [-0.4, -0.2) is 52.8 Å². The van der Waals surface area contributed by atoms with E-state index in [-0.39, 0.29) is 28.8 Å². The number of hydrogen-bond donors (Lipinski definition) is 3. The summed E-state index contributed by atoms with van der Waals surface area (Å²) in [6, 6.07) is 13.6. The molecule has 2 amide bonds. The zero-order valence-corrected chi connectivity index (χ0v) is 27.7. The minimum Gasteiger partial charge on any atom is -0.496 e. The maximum Gasteiger partial charge on any atom is 0.242 e. The number of nitrogens with one attached hydrogen (secondary N) is 3. The molecule has 4 rings (SSSR count). The van der Waals surface area contributed by atoms with E-state index in [2.05, 4.69) is 16.0 Å². The van der Waals surface area contributed by atoms with Crippen LogP contribution < -0.4 is 40.3 Å². The molecule has 0 fully saturated rings. The minimum absolute atomic E-state index is 0.0707. The number of fused-ring (bicyclic) bond motifs is 3. The molecule has 10 heteroatoms. The number of rotatable bonds is 13. The van der Waals surface area contributed by atoms with E-state index < -0.39 is 12.1 Å². The zero-order chi connectivity index (χ0) is 33.4. The van der Waals surface area contributed by atoms with Gasteiger partial charge >= 0.3 is 0 Å². The van der Waals surface area contributed by atoms with Crippen LogP contribution in [0.25, 0.3) is 11.1 Å². The van der Waals surface area contributed by atoms with Gasteiger partial charge in [0.15, 0.2) is 11.5 Å². The van der Waals surface area contributed by atoms with Crippen LogP contribution in [0.15, 0.2) is 53.3 Å². The van der Waals surface area contributed by atoms with Gasteiger partial charge in [0.2, 0.25) is 23.0 Å². The third kappa shape index (κ3) is 7.38. The van der Waals surface area contributed by atoms with Gasteiger partial charge in [0.1, 0.15) is 11.8 Å². The normalized spacial score (nSPS) is 14.8. The summed E-state index contributed by atoms with van der Waals surface area (Å²) >= 11 is 0. The second-order valence-electron chi connectivity index (χ2n) is 11.5. The molecule has 46 heavy (non-hydrogen) atoms.